The van der Waals surface area contributed by atoms with Crippen LogP contribution < -0.4 is 4.74 Å². The van der Waals surface area contributed by atoms with Gasteiger partial charge in [-0.2, -0.15) is 0 Å². The minimum absolute atomic E-state index is 0.0515. The topological polar surface area (TPSA) is 46.5 Å². The van der Waals surface area contributed by atoms with Gasteiger partial charge in [-0.15, -0.1) is 0 Å². The number of carbonyl (C=O) groups is 1. The normalized spacial score (nSPS) is 11.2. The summed E-state index contributed by atoms with van der Waals surface area (Å²) in [5.74, 6) is -0.614. The van der Waals surface area contributed by atoms with Gasteiger partial charge in [-0.3, -0.25) is 0 Å². The van der Waals surface area contributed by atoms with E-state index in [9.17, 15) is 4.79 Å². The summed E-state index contributed by atoms with van der Waals surface area (Å²) in [6.07, 6.45) is 2.15. The molecule has 0 saturated carbocycles. The smallest absolute Gasteiger partial charge is 0.371 e. The molecule has 80 valence electrons. The van der Waals surface area contributed by atoms with Crippen LogP contribution in [0.5, 0.6) is 5.75 Å². The molecule has 0 fully saturated rings. The number of hydrogen-bond donors (Lipinski definition) is 1. The molecule has 4 heteroatoms. The third-order valence-corrected chi connectivity index (χ3v) is 2.31. The number of rotatable bonds is 4. The Morgan fingerprint density at radius 1 is 1.53 bits per heavy atom. The number of ether oxygens (including phenoxy) is 1. The van der Waals surface area contributed by atoms with Crippen LogP contribution >= 0.6 is 15.9 Å². The highest BCUT2D eigenvalue weighted by Crippen LogP contribution is 2.25. The van der Waals surface area contributed by atoms with E-state index in [-0.39, 0.29) is 5.76 Å². The lowest BCUT2D eigenvalue weighted by molar-refractivity contribution is -0.135. The fraction of sp³-hybridized carbons (Fsp3) is 0.182. The molecule has 15 heavy (non-hydrogen) atoms. The molecule has 0 spiro atoms. The Morgan fingerprint density at radius 2 is 2.20 bits per heavy atom. The first-order valence-corrected chi connectivity index (χ1v) is 5.30. The Balaban J connectivity index is 2.89. The van der Waals surface area contributed by atoms with Gasteiger partial charge in [0.05, 0.1) is 4.47 Å². The van der Waals surface area contributed by atoms with E-state index in [0.29, 0.717) is 12.2 Å². The molecule has 1 aromatic rings. The molecule has 1 rings (SSSR count). The van der Waals surface area contributed by atoms with Crippen molar-refractivity contribution in [1.82, 2.24) is 0 Å². The van der Waals surface area contributed by atoms with E-state index in [2.05, 4.69) is 15.9 Å². The largest absolute Gasteiger partial charge is 0.475 e. The maximum absolute atomic E-state index is 10.8. The van der Waals surface area contributed by atoms with E-state index >= 15 is 0 Å². The molecule has 1 N–H and O–H groups in total. The van der Waals surface area contributed by atoms with Gasteiger partial charge in [0.25, 0.3) is 0 Å². The third-order valence-electron chi connectivity index (χ3n) is 1.66. The van der Waals surface area contributed by atoms with Crippen LogP contribution in [0.4, 0.5) is 0 Å². The number of halogens is 1. The zero-order valence-corrected chi connectivity index (χ0v) is 9.82. The molecule has 0 bridgehead atoms. The van der Waals surface area contributed by atoms with Crippen molar-refractivity contribution in [1.29, 1.82) is 0 Å². The van der Waals surface area contributed by atoms with Crippen LogP contribution in [0, 0.1) is 0 Å². The molecule has 0 saturated heterocycles. The molecule has 3 nitrogen and oxygen atoms in total. The first-order valence-electron chi connectivity index (χ1n) is 4.51. The van der Waals surface area contributed by atoms with Crippen molar-refractivity contribution in [3.8, 4) is 5.75 Å². The number of para-hydroxylation sites is 1. The molecule has 0 heterocycles. The highest BCUT2D eigenvalue weighted by Gasteiger charge is 2.10. The van der Waals surface area contributed by atoms with Gasteiger partial charge in [0.15, 0.2) is 0 Å². The average Bonchev–Trinajstić information content (AvgIpc) is 2.20. The Labute approximate surface area is 96.5 Å². The number of allylic oxidation sites excluding steroid dienone is 1. The Bertz CT molecular complexity index is 385. The number of hydrogen-bond acceptors (Lipinski definition) is 2. The van der Waals surface area contributed by atoms with E-state index in [0.717, 1.165) is 4.47 Å². The second kappa shape index (κ2) is 5.56. The summed E-state index contributed by atoms with van der Waals surface area (Å²) in [6.45, 7) is 1.85. The Kier molecular flexibility index (Phi) is 4.37. The van der Waals surface area contributed by atoms with Crippen molar-refractivity contribution in [2.75, 3.05) is 0 Å². The van der Waals surface area contributed by atoms with Gasteiger partial charge in [-0.25, -0.2) is 4.79 Å². The summed E-state index contributed by atoms with van der Waals surface area (Å²) in [5, 5.41) is 8.85. The summed E-state index contributed by atoms with van der Waals surface area (Å²) in [6, 6.07) is 7.11. The summed E-state index contributed by atoms with van der Waals surface area (Å²) in [5.41, 5.74) is 0. The minimum atomic E-state index is -1.06. The minimum Gasteiger partial charge on any atom is -0.475 e. The average molecular weight is 271 g/mol. The summed E-state index contributed by atoms with van der Waals surface area (Å²) < 4.78 is 5.99. The van der Waals surface area contributed by atoms with Gasteiger partial charge in [0, 0.05) is 0 Å². The van der Waals surface area contributed by atoms with E-state index in [1.54, 1.807) is 18.2 Å². The van der Waals surface area contributed by atoms with E-state index in [1.807, 2.05) is 13.0 Å². The van der Waals surface area contributed by atoms with Gasteiger partial charge in [0.2, 0.25) is 5.76 Å². The lowest BCUT2D eigenvalue weighted by Gasteiger charge is -2.07. The summed E-state index contributed by atoms with van der Waals surface area (Å²) in [7, 11) is 0. The van der Waals surface area contributed by atoms with Crippen LogP contribution in [0.1, 0.15) is 13.3 Å². The van der Waals surface area contributed by atoms with Crippen molar-refractivity contribution in [2.45, 2.75) is 13.3 Å². The zero-order valence-electron chi connectivity index (χ0n) is 8.24. The predicted octanol–water partition coefficient (Wildman–Crippen LogP) is 3.21. The first-order chi connectivity index (χ1) is 7.15. The van der Waals surface area contributed by atoms with Crippen LogP contribution in [0.25, 0.3) is 0 Å². The fourth-order valence-corrected chi connectivity index (χ4v) is 1.37. The molecular weight excluding hydrogens is 260 g/mol. The Hall–Kier alpha value is -1.29. The first kappa shape index (κ1) is 11.8. The molecule has 0 radical (unpaired) electrons. The number of carboxylic acid groups (broad SMARTS) is 1. The molecule has 0 aliphatic heterocycles. The molecule has 0 aliphatic carbocycles. The zero-order chi connectivity index (χ0) is 11.3. The monoisotopic (exact) mass is 270 g/mol. The van der Waals surface area contributed by atoms with Gasteiger partial charge < -0.3 is 9.84 Å². The van der Waals surface area contributed by atoms with Crippen LogP contribution in [0.2, 0.25) is 0 Å². The van der Waals surface area contributed by atoms with E-state index in [1.165, 1.54) is 6.08 Å². The van der Waals surface area contributed by atoms with Crippen LogP contribution in [0.15, 0.2) is 40.6 Å². The molecular formula is C11H11BrO3. The predicted molar refractivity (Wildman–Crippen MR) is 60.8 cm³/mol. The summed E-state index contributed by atoms with van der Waals surface area (Å²) >= 11 is 3.28. The molecule has 0 aromatic heterocycles. The van der Waals surface area contributed by atoms with E-state index in [4.69, 9.17) is 9.84 Å². The lowest BCUT2D eigenvalue weighted by Crippen LogP contribution is -2.07. The second-order valence-electron chi connectivity index (χ2n) is 2.81. The van der Waals surface area contributed by atoms with Gasteiger partial charge in [0.1, 0.15) is 5.75 Å². The maximum Gasteiger partial charge on any atom is 0.371 e. The van der Waals surface area contributed by atoms with Crippen molar-refractivity contribution in [3.05, 3.63) is 40.6 Å². The standard InChI is InChI=1S/C11H11BrO3/c1-2-5-10(11(13)14)15-9-7-4-3-6-8(9)12/h3-7H,2H2,1H3,(H,13,14)/b10-5+. The lowest BCUT2D eigenvalue weighted by atomic mass is 10.3. The summed E-state index contributed by atoms with van der Waals surface area (Å²) in [4.78, 5) is 10.8. The molecule has 0 aliphatic rings. The quantitative estimate of drug-likeness (QED) is 0.675. The molecule has 0 unspecified atom stereocenters. The van der Waals surface area contributed by atoms with Crippen molar-refractivity contribution < 1.29 is 14.6 Å². The van der Waals surface area contributed by atoms with Gasteiger partial charge >= 0.3 is 5.97 Å². The molecule has 0 atom stereocenters. The second-order valence-corrected chi connectivity index (χ2v) is 3.67. The van der Waals surface area contributed by atoms with Crippen LogP contribution in [-0.2, 0) is 4.79 Å². The third kappa shape index (κ3) is 3.40. The van der Waals surface area contributed by atoms with Gasteiger partial charge in [-0.1, -0.05) is 19.1 Å². The van der Waals surface area contributed by atoms with Crippen molar-refractivity contribution in [3.63, 3.8) is 0 Å². The Morgan fingerprint density at radius 3 is 2.73 bits per heavy atom. The van der Waals surface area contributed by atoms with Crippen LogP contribution in [-0.4, -0.2) is 11.1 Å². The molecule has 0 amide bonds. The highest BCUT2D eigenvalue weighted by atomic mass is 79.9. The van der Waals surface area contributed by atoms with Crippen molar-refractivity contribution >= 4 is 21.9 Å². The fourth-order valence-electron chi connectivity index (χ4n) is 1.00. The molecule has 1 aromatic carbocycles. The van der Waals surface area contributed by atoms with Crippen LogP contribution in [0.3, 0.4) is 0 Å². The van der Waals surface area contributed by atoms with Crippen molar-refractivity contribution in [2.24, 2.45) is 0 Å². The number of aliphatic carboxylic acids is 1. The van der Waals surface area contributed by atoms with E-state index < -0.39 is 5.97 Å². The number of benzene rings is 1. The van der Waals surface area contributed by atoms with Gasteiger partial charge in [-0.05, 0) is 40.6 Å². The number of carboxylic acids is 1. The maximum atomic E-state index is 10.8. The highest BCUT2D eigenvalue weighted by molar-refractivity contribution is 9.10. The SMILES string of the molecule is CC/C=C(/Oc1ccccc1Br)C(=O)O.